The number of carbonyl (C=O) groups excluding carboxylic acids is 1. The van der Waals surface area contributed by atoms with E-state index in [-0.39, 0.29) is 5.78 Å². The molecule has 0 amide bonds. The summed E-state index contributed by atoms with van der Waals surface area (Å²) in [5, 5.41) is 4.52. The van der Waals surface area contributed by atoms with Gasteiger partial charge >= 0.3 is 0 Å². The molecule has 4 heteroatoms. The fourth-order valence-electron chi connectivity index (χ4n) is 2.48. The molecule has 1 heterocycles. The highest BCUT2D eigenvalue weighted by Crippen LogP contribution is 2.18. The highest BCUT2D eigenvalue weighted by atomic mass is 16.1. The number of Topliss-reactive ketones (excluding diaryl/α,β-unsaturated/α-hetero) is 1. The van der Waals surface area contributed by atoms with E-state index in [0.717, 1.165) is 25.2 Å². The van der Waals surface area contributed by atoms with Gasteiger partial charge in [-0.3, -0.25) is 14.4 Å². The Morgan fingerprint density at radius 3 is 2.45 bits per heavy atom. The molecule has 1 atom stereocenters. The maximum absolute atomic E-state index is 12.6. The van der Waals surface area contributed by atoms with Crippen LogP contribution < -0.4 is 0 Å². The van der Waals surface area contributed by atoms with E-state index in [1.807, 2.05) is 30.8 Å². The van der Waals surface area contributed by atoms with Crippen molar-refractivity contribution in [1.82, 2.24) is 14.7 Å². The van der Waals surface area contributed by atoms with E-state index in [9.17, 15) is 4.79 Å². The zero-order valence-corrected chi connectivity index (χ0v) is 13.8. The van der Waals surface area contributed by atoms with Crippen molar-refractivity contribution in [2.24, 2.45) is 0 Å². The minimum absolute atomic E-state index is 0.232. The lowest BCUT2D eigenvalue weighted by atomic mass is 9.93. The fraction of sp³-hybridized carbons (Fsp3) is 0.750. The third-order valence-electron chi connectivity index (χ3n) is 4.28. The molecular formula is C16H29N3O. The lowest BCUT2D eigenvalue weighted by Crippen LogP contribution is -2.50. The van der Waals surface area contributed by atoms with Crippen LogP contribution in [0.15, 0.2) is 12.3 Å². The van der Waals surface area contributed by atoms with Gasteiger partial charge in [0.2, 0.25) is 0 Å². The normalized spacial score (nSPS) is 13.8. The van der Waals surface area contributed by atoms with E-state index < -0.39 is 5.54 Å². The molecule has 0 spiro atoms. The summed E-state index contributed by atoms with van der Waals surface area (Å²) < 4.78 is 1.95. The summed E-state index contributed by atoms with van der Waals surface area (Å²) in [6.45, 7) is 14.3. The lowest BCUT2D eigenvalue weighted by Gasteiger charge is -2.35. The van der Waals surface area contributed by atoms with Gasteiger partial charge in [0.25, 0.3) is 0 Å². The highest BCUT2D eigenvalue weighted by Gasteiger charge is 2.32. The van der Waals surface area contributed by atoms with Crippen molar-refractivity contribution in [3.8, 4) is 0 Å². The van der Waals surface area contributed by atoms with Crippen LogP contribution in [0.5, 0.6) is 0 Å². The van der Waals surface area contributed by atoms with Gasteiger partial charge in [-0.05, 0) is 46.3 Å². The Morgan fingerprint density at radius 2 is 1.95 bits per heavy atom. The Bertz CT molecular complexity index is 433. The second-order valence-electron chi connectivity index (χ2n) is 5.88. The van der Waals surface area contributed by atoms with Crippen molar-refractivity contribution in [3.63, 3.8) is 0 Å². The second kappa shape index (κ2) is 7.02. The highest BCUT2D eigenvalue weighted by molar-refractivity contribution is 5.89. The Balaban J connectivity index is 2.77. The quantitative estimate of drug-likeness (QED) is 0.734. The molecular weight excluding hydrogens is 250 g/mol. The van der Waals surface area contributed by atoms with Crippen LogP contribution >= 0.6 is 0 Å². The van der Waals surface area contributed by atoms with Crippen LogP contribution in [0.3, 0.4) is 0 Å². The average Bonchev–Trinajstić information content (AvgIpc) is 2.87. The minimum atomic E-state index is -0.427. The number of nitrogens with zero attached hydrogens (tertiary/aromatic N) is 3. The maximum Gasteiger partial charge on any atom is 0.158 e. The molecule has 0 saturated heterocycles. The number of carbonyl (C=O) groups is 1. The molecule has 0 saturated carbocycles. The standard InChI is InChI=1S/C16H29N3O/c1-7-13(4)19-11-10-14(17-19)12-15(20)16(5,6)18(8-2)9-3/h10-11,13H,7-9,12H2,1-6H3. The summed E-state index contributed by atoms with van der Waals surface area (Å²) in [4.78, 5) is 14.7. The summed E-state index contributed by atoms with van der Waals surface area (Å²) in [6.07, 6.45) is 3.42. The predicted octanol–water partition coefficient (Wildman–Crippen LogP) is 3.09. The first-order valence-corrected chi connectivity index (χ1v) is 7.69. The predicted molar refractivity (Wildman–Crippen MR) is 82.9 cm³/mol. The van der Waals surface area contributed by atoms with E-state index in [1.165, 1.54) is 0 Å². The van der Waals surface area contributed by atoms with Crippen LogP contribution in [-0.4, -0.2) is 39.1 Å². The summed E-state index contributed by atoms with van der Waals surface area (Å²) >= 11 is 0. The molecule has 0 N–H and O–H groups in total. The number of hydrogen-bond donors (Lipinski definition) is 0. The van der Waals surface area contributed by atoms with Crippen molar-refractivity contribution in [1.29, 1.82) is 0 Å². The number of aromatic nitrogens is 2. The molecule has 1 rings (SSSR count). The van der Waals surface area contributed by atoms with Gasteiger partial charge in [-0.25, -0.2) is 0 Å². The van der Waals surface area contributed by atoms with Crippen LogP contribution in [0.2, 0.25) is 0 Å². The van der Waals surface area contributed by atoms with Crippen LogP contribution in [0.4, 0.5) is 0 Å². The number of rotatable bonds is 8. The Kier molecular flexibility index (Phi) is 5.93. The number of ketones is 1. The summed E-state index contributed by atoms with van der Waals surface area (Å²) in [7, 11) is 0. The first-order chi connectivity index (χ1) is 9.36. The van der Waals surface area contributed by atoms with Crippen molar-refractivity contribution >= 4 is 5.78 Å². The van der Waals surface area contributed by atoms with E-state index in [4.69, 9.17) is 0 Å². The molecule has 1 aromatic heterocycles. The SMILES string of the molecule is CCC(C)n1ccc(CC(=O)C(C)(C)N(CC)CC)n1. The van der Waals surface area contributed by atoms with E-state index in [0.29, 0.717) is 12.5 Å². The summed E-state index contributed by atoms with van der Waals surface area (Å²) in [5.74, 6) is 0.232. The van der Waals surface area contributed by atoms with Gasteiger partial charge in [0.15, 0.2) is 5.78 Å². The third kappa shape index (κ3) is 3.69. The fourth-order valence-corrected chi connectivity index (χ4v) is 2.48. The first-order valence-electron chi connectivity index (χ1n) is 7.69. The zero-order chi connectivity index (χ0) is 15.3. The molecule has 0 fully saturated rings. The maximum atomic E-state index is 12.6. The van der Waals surface area contributed by atoms with Gasteiger partial charge in [0.1, 0.15) is 0 Å². The van der Waals surface area contributed by atoms with Crippen molar-refractivity contribution in [2.75, 3.05) is 13.1 Å². The summed E-state index contributed by atoms with van der Waals surface area (Å²) in [5.41, 5.74) is 0.444. The van der Waals surface area contributed by atoms with E-state index >= 15 is 0 Å². The molecule has 0 radical (unpaired) electrons. The topological polar surface area (TPSA) is 38.1 Å². The molecule has 0 aliphatic rings. The Labute approximate surface area is 123 Å². The van der Waals surface area contributed by atoms with Crippen molar-refractivity contribution in [3.05, 3.63) is 18.0 Å². The average molecular weight is 279 g/mol. The Hall–Kier alpha value is -1.16. The largest absolute Gasteiger partial charge is 0.297 e. The van der Waals surface area contributed by atoms with Crippen molar-refractivity contribution in [2.45, 2.75) is 66.0 Å². The van der Waals surface area contributed by atoms with Gasteiger partial charge in [-0.1, -0.05) is 20.8 Å². The van der Waals surface area contributed by atoms with Crippen molar-refractivity contribution < 1.29 is 4.79 Å². The van der Waals surface area contributed by atoms with Crippen LogP contribution in [0.25, 0.3) is 0 Å². The molecule has 0 bridgehead atoms. The molecule has 0 aromatic carbocycles. The van der Waals surface area contributed by atoms with Crippen LogP contribution in [0.1, 0.15) is 59.7 Å². The smallest absolute Gasteiger partial charge is 0.158 e. The van der Waals surface area contributed by atoms with E-state index in [2.05, 4.69) is 37.7 Å². The molecule has 0 aliphatic heterocycles. The van der Waals surface area contributed by atoms with Gasteiger partial charge in [-0.15, -0.1) is 0 Å². The first kappa shape index (κ1) is 16.9. The molecule has 4 nitrogen and oxygen atoms in total. The third-order valence-corrected chi connectivity index (χ3v) is 4.28. The van der Waals surface area contributed by atoms with Gasteiger partial charge < -0.3 is 0 Å². The molecule has 1 aromatic rings. The lowest BCUT2D eigenvalue weighted by molar-refractivity contribution is -0.128. The molecule has 1 unspecified atom stereocenters. The Morgan fingerprint density at radius 1 is 1.35 bits per heavy atom. The van der Waals surface area contributed by atoms with Gasteiger partial charge in [-0.2, -0.15) is 5.10 Å². The van der Waals surface area contributed by atoms with E-state index in [1.54, 1.807) is 0 Å². The molecule has 20 heavy (non-hydrogen) atoms. The minimum Gasteiger partial charge on any atom is -0.297 e. The monoisotopic (exact) mass is 279 g/mol. The number of likely N-dealkylation sites (N-methyl/N-ethyl adjacent to an activating group) is 1. The summed E-state index contributed by atoms with van der Waals surface area (Å²) in [6, 6.07) is 2.34. The molecule has 114 valence electrons. The van der Waals surface area contributed by atoms with Crippen LogP contribution in [0, 0.1) is 0 Å². The number of hydrogen-bond acceptors (Lipinski definition) is 3. The zero-order valence-electron chi connectivity index (χ0n) is 13.8. The van der Waals surface area contributed by atoms with Crippen LogP contribution in [-0.2, 0) is 11.2 Å². The molecule has 0 aliphatic carbocycles. The van der Waals surface area contributed by atoms with Gasteiger partial charge in [0.05, 0.1) is 17.7 Å². The van der Waals surface area contributed by atoms with Gasteiger partial charge in [0, 0.05) is 12.2 Å². The second-order valence-corrected chi connectivity index (χ2v) is 5.88.